The van der Waals surface area contributed by atoms with E-state index in [2.05, 4.69) is 53.1 Å². The highest BCUT2D eigenvalue weighted by atomic mass is 32.1. The van der Waals surface area contributed by atoms with Gasteiger partial charge in [0.15, 0.2) is 5.13 Å². The lowest BCUT2D eigenvalue weighted by Gasteiger charge is -2.26. The molecule has 1 saturated carbocycles. The Bertz CT molecular complexity index is 1340. The number of aromatic nitrogens is 2. The molecule has 2 aromatic carbocycles. The molecule has 7 nitrogen and oxygen atoms in total. The van der Waals surface area contributed by atoms with Gasteiger partial charge in [0.1, 0.15) is 11.6 Å². The van der Waals surface area contributed by atoms with Crippen LogP contribution < -0.4 is 10.6 Å². The van der Waals surface area contributed by atoms with E-state index in [1.807, 2.05) is 24.3 Å². The van der Waals surface area contributed by atoms with Crippen LogP contribution in [0.4, 0.5) is 29.9 Å². The number of nitrogens with one attached hydrogen (secondary N) is 2. The Morgan fingerprint density at radius 3 is 2.24 bits per heavy atom. The summed E-state index contributed by atoms with van der Waals surface area (Å²) < 4.78 is 32.9. The number of aliphatic hydroxyl groups excluding tert-OH is 1. The number of alkyl halides is 3. The Kier molecular flexibility index (Phi) is 8.24. The molecule has 0 bridgehead atoms. The Morgan fingerprint density at radius 2 is 1.57 bits per heavy atom. The van der Waals surface area contributed by atoms with Gasteiger partial charge in [0.2, 0.25) is 0 Å². The van der Waals surface area contributed by atoms with Crippen molar-refractivity contribution < 1.29 is 28.2 Å². The fourth-order valence-corrected chi connectivity index (χ4v) is 4.82. The fraction of sp³-hybridized carbons (Fsp3) is 0.269. The van der Waals surface area contributed by atoms with E-state index in [4.69, 9.17) is 19.9 Å². The van der Waals surface area contributed by atoms with Gasteiger partial charge in [-0.05, 0) is 61.1 Å². The number of fused-ring (bicyclic) bond motifs is 1. The van der Waals surface area contributed by atoms with Crippen LogP contribution in [0.3, 0.4) is 0 Å². The van der Waals surface area contributed by atoms with Crippen molar-refractivity contribution in [2.24, 2.45) is 0 Å². The number of carboxylic acid groups (broad SMARTS) is 1. The molecule has 11 heteroatoms. The quantitative estimate of drug-likeness (QED) is 0.235. The second-order valence-electron chi connectivity index (χ2n) is 8.55. The van der Waals surface area contributed by atoms with Gasteiger partial charge in [-0.15, -0.1) is 0 Å². The minimum Gasteiger partial charge on any atom is -0.475 e. The molecular weight excluding hydrogens is 505 g/mol. The van der Waals surface area contributed by atoms with Gasteiger partial charge in [0.25, 0.3) is 0 Å². The number of halogens is 3. The summed E-state index contributed by atoms with van der Waals surface area (Å²) in [5, 5.41) is 24.5. The number of aliphatic hydroxyl groups is 1. The number of nitrogens with zero attached hydrogens (tertiary/aromatic N) is 2. The second kappa shape index (κ2) is 11.6. The maximum Gasteiger partial charge on any atom is 0.490 e. The van der Waals surface area contributed by atoms with Crippen LogP contribution in [-0.4, -0.2) is 44.5 Å². The molecule has 0 spiro atoms. The normalized spacial score (nSPS) is 17.5. The SMILES string of the molecule is O=C(O)C(F)(F)F.OC1CCC(Nc2cccc(Nc3nc4ccc(-c5ccccc5)cc4s3)n2)CC1. The molecule has 0 amide bonds. The van der Waals surface area contributed by atoms with Crippen LogP contribution in [0.5, 0.6) is 0 Å². The Morgan fingerprint density at radius 1 is 0.892 bits per heavy atom. The molecular formula is C26H25F3N4O3S. The van der Waals surface area contributed by atoms with E-state index < -0.39 is 12.1 Å². The number of thiazole rings is 1. The van der Waals surface area contributed by atoms with Gasteiger partial charge in [-0.25, -0.2) is 14.8 Å². The monoisotopic (exact) mass is 530 g/mol. The summed E-state index contributed by atoms with van der Waals surface area (Å²) in [6.07, 6.45) is -1.58. The molecule has 0 aliphatic heterocycles. The molecule has 0 radical (unpaired) electrons. The van der Waals surface area contributed by atoms with Crippen LogP contribution >= 0.6 is 11.3 Å². The van der Waals surface area contributed by atoms with Crippen molar-refractivity contribution in [3.8, 4) is 11.1 Å². The molecule has 0 saturated heterocycles. The molecule has 194 valence electrons. The lowest BCUT2D eigenvalue weighted by molar-refractivity contribution is -0.192. The van der Waals surface area contributed by atoms with Crippen molar-refractivity contribution in [2.75, 3.05) is 10.6 Å². The summed E-state index contributed by atoms with van der Waals surface area (Å²) in [5.74, 6) is -1.13. The number of hydrogen-bond donors (Lipinski definition) is 4. The molecule has 2 aromatic heterocycles. The number of hydrogen-bond acceptors (Lipinski definition) is 7. The number of anilines is 3. The average molecular weight is 531 g/mol. The Balaban J connectivity index is 0.000000405. The van der Waals surface area contributed by atoms with Crippen molar-refractivity contribution in [2.45, 2.75) is 44.0 Å². The topological polar surface area (TPSA) is 107 Å². The zero-order valence-corrected chi connectivity index (χ0v) is 20.4. The van der Waals surface area contributed by atoms with E-state index >= 15 is 0 Å². The van der Waals surface area contributed by atoms with Crippen molar-refractivity contribution in [3.63, 3.8) is 0 Å². The standard InChI is InChI=1S/C24H24N4OS.C2HF3O2/c29-19-12-10-18(11-13-19)25-22-7-4-8-23(27-22)28-24-26-20-14-9-17(15-21(20)30-24)16-5-2-1-3-6-16;3-2(4,5)1(6)7/h1-9,14-15,18-19,29H,10-13H2,(H2,25,26,27,28);(H,6,7). The third-order valence-electron chi connectivity index (χ3n) is 5.77. The smallest absolute Gasteiger partial charge is 0.475 e. The number of pyridine rings is 1. The fourth-order valence-electron chi connectivity index (χ4n) is 3.91. The van der Waals surface area contributed by atoms with Crippen LogP contribution in [-0.2, 0) is 4.79 Å². The number of rotatable bonds is 5. The minimum atomic E-state index is -5.08. The molecule has 0 unspecified atom stereocenters. The highest BCUT2D eigenvalue weighted by molar-refractivity contribution is 7.22. The van der Waals surface area contributed by atoms with Crippen LogP contribution in [0, 0.1) is 0 Å². The first kappa shape index (κ1) is 26.4. The third kappa shape index (κ3) is 7.40. The number of benzene rings is 2. The molecule has 0 atom stereocenters. The van der Waals surface area contributed by atoms with Crippen LogP contribution in [0.1, 0.15) is 25.7 Å². The Hall–Kier alpha value is -3.70. The lowest BCUT2D eigenvalue weighted by Crippen LogP contribution is -2.28. The van der Waals surface area contributed by atoms with Crippen molar-refractivity contribution in [1.29, 1.82) is 0 Å². The molecule has 4 aromatic rings. The van der Waals surface area contributed by atoms with Crippen molar-refractivity contribution >= 4 is 44.3 Å². The first-order valence-corrected chi connectivity index (χ1v) is 12.4. The number of carbonyl (C=O) groups is 1. The zero-order valence-electron chi connectivity index (χ0n) is 19.6. The van der Waals surface area contributed by atoms with E-state index in [9.17, 15) is 18.3 Å². The van der Waals surface area contributed by atoms with Crippen LogP contribution in [0.15, 0.2) is 66.7 Å². The van der Waals surface area contributed by atoms with E-state index in [0.717, 1.165) is 52.7 Å². The second-order valence-corrected chi connectivity index (χ2v) is 9.58. The van der Waals surface area contributed by atoms with Gasteiger partial charge >= 0.3 is 12.1 Å². The van der Waals surface area contributed by atoms with E-state index in [1.165, 1.54) is 11.1 Å². The summed E-state index contributed by atoms with van der Waals surface area (Å²) >= 11 is 1.63. The maximum absolute atomic E-state index is 10.6. The molecule has 1 aliphatic rings. The molecule has 5 rings (SSSR count). The Labute approximate surface area is 215 Å². The minimum absolute atomic E-state index is 0.148. The number of aliphatic carboxylic acids is 1. The number of carboxylic acids is 1. The molecule has 4 N–H and O–H groups in total. The van der Waals surface area contributed by atoms with E-state index in [1.54, 1.807) is 11.3 Å². The maximum atomic E-state index is 10.6. The summed E-state index contributed by atoms with van der Waals surface area (Å²) in [6.45, 7) is 0. The summed E-state index contributed by atoms with van der Waals surface area (Å²) in [5.41, 5.74) is 3.38. The largest absolute Gasteiger partial charge is 0.490 e. The zero-order chi connectivity index (χ0) is 26.4. The van der Waals surface area contributed by atoms with E-state index in [0.29, 0.717) is 6.04 Å². The lowest BCUT2D eigenvalue weighted by atomic mass is 9.93. The average Bonchev–Trinajstić information content (AvgIpc) is 3.27. The van der Waals surface area contributed by atoms with E-state index in [-0.39, 0.29) is 6.10 Å². The van der Waals surface area contributed by atoms with Gasteiger partial charge in [-0.1, -0.05) is 53.8 Å². The van der Waals surface area contributed by atoms with Crippen molar-refractivity contribution in [3.05, 3.63) is 66.7 Å². The molecule has 1 aliphatic carbocycles. The molecule has 37 heavy (non-hydrogen) atoms. The van der Waals surface area contributed by atoms with Crippen LogP contribution in [0.2, 0.25) is 0 Å². The van der Waals surface area contributed by atoms with Gasteiger partial charge in [-0.3, -0.25) is 0 Å². The first-order valence-electron chi connectivity index (χ1n) is 11.6. The van der Waals surface area contributed by atoms with Crippen molar-refractivity contribution in [1.82, 2.24) is 9.97 Å². The summed E-state index contributed by atoms with van der Waals surface area (Å²) in [6, 6.07) is 23.1. The predicted octanol–water partition coefficient (Wildman–Crippen LogP) is 6.45. The third-order valence-corrected chi connectivity index (χ3v) is 6.70. The van der Waals surface area contributed by atoms with Crippen LogP contribution in [0.25, 0.3) is 21.3 Å². The summed E-state index contributed by atoms with van der Waals surface area (Å²) in [7, 11) is 0. The predicted molar refractivity (Wildman–Crippen MR) is 138 cm³/mol. The molecule has 2 heterocycles. The molecule has 1 fully saturated rings. The summed E-state index contributed by atoms with van der Waals surface area (Å²) in [4.78, 5) is 18.3. The van der Waals surface area contributed by atoms with Gasteiger partial charge in [0, 0.05) is 6.04 Å². The highest BCUT2D eigenvalue weighted by Crippen LogP contribution is 2.32. The van der Waals surface area contributed by atoms with Gasteiger partial charge < -0.3 is 20.8 Å². The van der Waals surface area contributed by atoms with Gasteiger partial charge in [-0.2, -0.15) is 13.2 Å². The van der Waals surface area contributed by atoms with Gasteiger partial charge in [0.05, 0.1) is 16.3 Å². The highest BCUT2D eigenvalue weighted by Gasteiger charge is 2.38. The first-order chi connectivity index (χ1) is 17.7.